The van der Waals surface area contributed by atoms with Gasteiger partial charge in [0, 0.05) is 16.5 Å². The van der Waals surface area contributed by atoms with Crippen LogP contribution in [0.4, 0.5) is 0 Å². The molecule has 1 atom stereocenters. The Hall–Kier alpha value is -1.70. The number of carbonyl (C=O) groups is 3. The van der Waals surface area contributed by atoms with E-state index in [1.165, 1.54) is 10.5 Å². The summed E-state index contributed by atoms with van der Waals surface area (Å²) in [4.78, 5) is 38.5. The predicted octanol–water partition coefficient (Wildman–Crippen LogP) is 4.91. The van der Waals surface area contributed by atoms with Gasteiger partial charge in [-0.05, 0) is 80.2 Å². The van der Waals surface area contributed by atoms with Crippen LogP contribution in [0.5, 0.6) is 0 Å². The highest BCUT2D eigenvalue weighted by Gasteiger charge is 2.25. The SMILES string of the molecule is CCOC(=O)CC(=O)N(CCc1ccccc1I)C(=O)CC(C)CCC=C(C)C. The van der Waals surface area contributed by atoms with Gasteiger partial charge in [-0.15, -0.1) is 0 Å². The van der Waals surface area contributed by atoms with E-state index >= 15 is 0 Å². The van der Waals surface area contributed by atoms with Gasteiger partial charge in [0.05, 0.1) is 6.61 Å². The molecule has 1 aromatic rings. The van der Waals surface area contributed by atoms with Gasteiger partial charge in [-0.3, -0.25) is 19.3 Å². The number of nitrogens with zero attached hydrogens (tertiary/aromatic N) is 1. The van der Waals surface area contributed by atoms with Gasteiger partial charge in [0.25, 0.3) is 0 Å². The van der Waals surface area contributed by atoms with Gasteiger partial charge in [0.1, 0.15) is 6.42 Å². The maximum absolute atomic E-state index is 12.9. The summed E-state index contributed by atoms with van der Waals surface area (Å²) in [6, 6.07) is 7.87. The third-order valence-corrected chi connectivity index (χ3v) is 5.55. The van der Waals surface area contributed by atoms with Crippen molar-refractivity contribution in [3.63, 3.8) is 0 Å². The molecule has 160 valence electrons. The lowest BCUT2D eigenvalue weighted by molar-refractivity contribution is -0.152. The van der Waals surface area contributed by atoms with E-state index in [1.807, 2.05) is 31.2 Å². The Labute approximate surface area is 188 Å². The molecule has 0 aliphatic heterocycles. The van der Waals surface area contributed by atoms with E-state index in [0.29, 0.717) is 6.42 Å². The van der Waals surface area contributed by atoms with Crippen LogP contribution in [0.1, 0.15) is 58.9 Å². The number of imide groups is 1. The van der Waals surface area contributed by atoms with Crippen LogP contribution in [0, 0.1) is 9.49 Å². The first-order valence-electron chi connectivity index (χ1n) is 10.1. The van der Waals surface area contributed by atoms with Crippen LogP contribution in [0.3, 0.4) is 0 Å². The minimum atomic E-state index is -0.596. The average molecular weight is 513 g/mol. The summed E-state index contributed by atoms with van der Waals surface area (Å²) in [5, 5.41) is 0. The smallest absolute Gasteiger partial charge is 0.315 e. The van der Waals surface area contributed by atoms with Crippen molar-refractivity contribution >= 4 is 40.4 Å². The molecule has 5 nitrogen and oxygen atoms in total. The van der Waals surface area contributed by atoms with Crippen LogP contribution in [-0.4, -0.2) is 35.8 Å². The summed E-state index contributed by atoms with van der Waals surface area (Å²) < 4.78 is 5.96. The molecule has 1 unspecified atom stereocenters. The molecule has 0 spiro atoms. The number of hydrogen-bond donors (Lipinski definition) is 0. The summed E-state index contributed by atoms with van der Waals surface area (Å²) in [6.07, 6.45) is 4.39. The fourth-order valence-corrected chi connectivity index (χ4v) is 3.58. The first-order valence-corrected chi connectivity index (χ1v) is 11.2. The van der Waals surface area contributed by atoms with Gasteiger partial charge in [0.2, 0.25) is 11.8 Å². The molecule has 0 aliphatic carbocycles. The number of benzene rings is 1. The van der Waals surface area contributed by atoms with Crippen LogP contribution < -0.4 is 0 Å². The number of amides is 2. The van der Waals surface area contributed by atoms with E-state index < -0.39 is 18.3 Å². The van der Waals surface area contributed by atoms with Gasteiger partial charge in [-0.1, -0.05) is 36.8 Å². The van der Waals surface area contributed by atoms with Crippen molar-refractivity contribution in [1.29, 1.82) is 0 Å². The van der Waals surface area contributed by atoms with E-state index in [-0.39, 0.29) is 31.4 Å². The van der Waals surface area contributed by atoms with E-state index in [4.69, 9.17) is 4.74 Å². The quantitative estimate of drug-likeness (QED) is 0.183. The van der Waals surface area contributed by atoms with Gasteiger partial charge in [-0.25, -0.2) is 0 Å². The zero-order valence-electron chi connectivity index (χ0n) is 17.9. The first-order chi connectivity index (χ1) is 13.7. The summed E-state index contributed by atoms with van der Waals surface area (Å²) in [5.74, 6) is -1.15. The van der Waals surface area contributed by atoms with Crippen molar-refractivity contribution in [2.75, 3.05) is 13.2 Å². The molecule has 2 amide bonds. The fourth-order valence-electron chi connectivity index (χ4n) is 2.92. The zero-order valence-corrected chi connectivity index (χ0v) is 20.0. The van der Waals surface area contributed by atoms with E-state index in [2.05, 4.69) is 42.5 Å². The number of halogens is 1. The molecule has 0 aromatic heterocycles. The molecule has 1 aromatic carbocycles. The Balaban J connectivity index is 2.80. The molecule has 0 radical (unpaired) electrons. The number of ether oxygens (including phenoxy) is 1. The molecule has 0 heterocycles. The Morgan fingerprint density at radius 1 is 1.17 bits per heavy atom. The molecule has 0 N–H and O–H groups in total. The number of rotatable bonds is 11. The highest BCUT2D eigenvalue weighted by atomic mass is 127. The first kappa shape index (κ1) is 25.3. The van der Waals surface area contributed by atoms with Gasteiger partial charge in [0.15, 0.2) is 0 Å². The predicted molar refractivity (Wildman–Crippen MR) is 123 cm³/mol. The van der Waals surface area contributed by atoms with Crippen molar-refractivity contribution in [3.05, 3.63) is 45.0 Å². The minimum absolute atomic E-state index is 0.160. The van der Waals surface area contributed by atoms with Gasteiger partial charge in [-0.2, -0.15) is 0 Å². The largest absolute Gasteiger partial charge is 0.466 e. The standard InChI is InChI=1S/C23H32INO4/c1-5-29-23(28)16-22(27)25(14-13-19-11-6-7-12-20(19)24)21(26)15-18(4)10-8-9-17(2)3/h6-7,9,11-12,18H,5,8,10,13-16H2,1-4H3. The highest BCUT2D eigenvalue weighted by molar-refractivity contribution is 14.1. The lowest BCUT2D eigenvalue weighted by Crippen LogP contribution is -2.40. The number of hydrogen-bond acceptors (Lipinski definition) is 4. The summed E-state index contributed by atoms with van der Waals surface area (Å²) in [6.45, 7) is 8.29. The summed E-state index contributed by atoms with van der Waals surface area (Å²) in [7, 11) is 0. The third-order valence-electron chi connectivity index (χ3n) is 4.50. The molecule has 0 fully saturated rings. The Morgan fingerprint density at radius 2 is 1.86 bits per heavy atom. The van der Waals surface area contributed by atoms with Crippen LogP contribution in [0.2, 0.25) is 0 Å². The van der Waals surface area contributed by atoms with E-state index in [1.54, 1.807) is 6.92 Å². The Morgan fingerprint density at radius 3 is 2.48 bits per heavy atom. The molecular formula is C23H32INO4. The fraction of sp³-hybridized carbons (Fsp3) is 0.522. The molecule has 1 rings (SSSR count). The molecule has 6 heteroatoms. The summed E-state index contributed by atoms with van der Waals surface area (Å²) in [5.41, 5.74) is 2.33. The molecule has 29 heavy (non-hydrogen) atoms. The van der Waals surface area contributed by atoms with Gasteiger partial charge >= 0.3 is 5.97 Å². The molecule has 0 bridgehead atoms. The number of carbonyl (C=O) groups excluding carboxylic acids is 3. The topological polar surface area (TPSA) is 63.7 Å². The minimum Gasteiger partial charge on any atom is -0.466 e. The van der Waals surface area contributed by atoms with E-state index in [9.17, 15) is 14.4 Å². The maximum atomic E-state index is 12.9. The lowest BCUT2D eigenvalue weighted by Gasteiger charge is -2.23. The van der Waals surface area contributed by atoms with Crippen molar-refractivity contribution in [3.8, 4) is 0 Å². The van der Waals surface area contributed by atoms with Crippen LogP contribution in [0.25, 0.3) is 0 Å². The number of esters is 1. The molecule has 0 saturated carbocycles. The maximum Gasteiger partial charge on any atom is 0.315 e. The lowest BCUT2D eigenvalue weighted by atomic mass is 10.00. The van der Waals surface area contributed by atoms with Gasteiger partial charge < -0.3 is 4.74 Å². The molecular weight excluding hydrogens is 481 g/mol. The molecule has 0 saturated heterocycles. The number of allylic oxidation sites excluding steroid dienone is 2. The molecule has 0 aliphatic rings. The van der Waals surface area contributed by atoms with Crippen molar-refractivity contribution in [2.45, 2.75) is 59.8 Å². The highest BCUT2D eigenvalue weighted by Crippen LogP contribution is 2.16. The van der Waals surface area contributed by atoms with Crippen molar-refractivity contribution < 1.29 is 19.1 Å². The van der Waals surface area contributed by atoms with E-state index in [0.717, 1.165) is 22.0 Å². The van der Waals surface area contributed by atoms with Crippen LogP contribution in [0.15, 0.2) is 35.9 Å². The second kappa shape index (κ2) is 13.5. The van der Waals surface area contributed by atoms with Crippen LogP contribution >= 0.6 is 22.6 Å². The second-order valence-corrected chi connectivity index (χ2v) is 8.59. The third kappa shape index (κ3) is 10.1. The van der Waals surface area contributed by atoms with Crippen molar-refractivity contribution in [2.24, 2.45) is 5.92 Å². The second-order valence-electron chi connectivity index (χ2n) is 7.43. The summed E-state index contributed by atoms with van der Waals surface area (Å²) >= 11 is 2.25. The average Bonchev–Trinajstić information content (AvgIpc) is 2.63. The zero-order chi connectivity index (χ0) is 21.8. The van der Waals surface area contributed by atoms with Crippen LogP contribution in [-0.2, 0) is 25.5 Å². The monoisotopic (exact) mass is 513 g/mol. The normalized spacial score (nSPS) is 11.5. The Kier molecular flexibility index (Phi) is 11.8. The van der Waals surface area contributed by atoms with Crippen molar-refractivity contribution in [1.82, 2.24) is 4.90 Å². The Bertz CT molecular complexity index is 725.